The molecule has 1 aromatic rings. The van der Waals surface area contributed by atoms with E-state index in [-0.39, 0.29) is 32.2 Å². The lowest BCUT2D eigenvalue weighted by molar-refractivity contribution is -0.109. The number of aromatic hydroxyl groups is 1. The summed E-state index contributed by atoms with van der Waals surface area (Å²) in [6.07, 6.45) is -2.36. The summed E-state index contributed by atoms with van der Waals surface area (Å²) < 4.78 is 0. The van der Waals surface area contributed by atoms with E-state index in [1.165, 1.54) is 19.1 Å². The molecule has 4 nitrogen and oxygen atoms in total. The SMILES string of the molecule is CC(=O)SCC(O)C(O)c1cc(Cl)c(O)c(Cl)c1. The second-order valence-electron chi connectivity index (χ2n) is 3.65. The average molecular weight is 311 g/mol. The van der Waals surface area contributed by atoms with Gasteiger partial charge in [-0.2, -0.15) is 0 Å². The number of hydrogen-bond donors (Lipinski definition) is 3. The van der Waals surface area contributed by atoms with Gasteiger partial charge in [-0.05, 0) is 17.7 Å². The van der Waals surface area contributed by atoms with Crippen LogP contribution in [0.4, 0.5) is 0 Å². The molecule has 0 saturated carbocycles. The van der Waals surface area contributed by atoms with E-state index in [1.807, 2.05) is 0 Å². The molecule has 0 aromatic heterocycles. The van der Waals surface area contributed by atoms with Gasteiger partial charge < -0.3 is 15.3 Å². The highest BCUT2D eigenvalue weighted by atomic mass is 35.5. The van der Waals surface area contributed by atoms with Crippen LogP contribution in [-0.4, -0.2) is 32.3 Å². The lowest BCUT2D eigenvalue weighted by Crippen LogP contribution is -2.21. The zero-order chi connectivity index (χ0) is 13.9. The van der Waals surface area contributed by atoms with Crippen molar-refractivity contribution in [2.24, 2.45) is 0 Å². The largest absolute Gasteiger partial charge is 0.505 e. The van der Waals surface area contributed by atoms with E-state index in [1.54, 1.807) is 0 Å². The van der Waals surface area contributed by atoms with Crippen LogP contribution >= 0.6 is 35.0 Å². The molecule has 3 N–H and O–H groups in total. The molecular formula is C11H12Cl2O4S. The molecule has 1 rings (SSSR count). The molecule has 100 valence electrons. The Labute approximate surface area is 119 Å². The van der Waals surface area contributed by atoms with Crippen LogP contribution in [0.15, 0.2) is 12.1 Å². The van der Waals surface area contributed by atoms with Crippen LogP contribution in [0, 0.1) is 0 Å². The highest BCUT2D eigenvalue weighted by Gasteiger charge is 2.21. The number of carbonyl (C=O) groups is 1. The maximum atomic E-state index is 10.8. The molecule has 0 heterocycles. The summed E-state index contributed by atoms with van der Waals surface area (Å²) in [6, 6.07) is 2.63. The van der Waals surface area contributed by atoms with Crippen LogP contribution < -0.4 is 0 Å². The molecule has 18 heavy (non-hydrogen) atoms. The van der Waals surface area contributed by atoms with E-state index in [4.69, 9.17) is 23.2 Å². The summed E-state index contributed by atoms with van der Waals surface area (Å²) in [5.41, 5.74) is 0.277. The Morgan fingerprint density at radius 3 is 2.28 bits per heavy atom. The minimum Gasteiger partial charge on any atom is -0.505 e. The summed E-state index contributed by atoms with van der Waals surface area (Å²) >= 11 is 12.3. The summed E-state index contributed by atoms with van der Waals surface area (Å²) in [6.45, 7) is 1.37. The molecule has 0 fully saturated rings. The Morgan fingerprint density at radius 1 is 1.33 bits per heavy atom. The fourth-order valence-corrected chi connectivity index (χ4v) is 2.36. The molecule has 0 bridgehead atoms. The highest BCUT2D eigenvalue weighted by molar-refractivity contribution is 8.13. The van der Waals surface area contributed by atoms with E-state index < -0.39 is 12.2 Å². The van der Waals surface area contributed by atoms with Crippen LogP contribution in [0.25, 0.3) is 0 Å². The minimum absolute atomic E-state index is 0.0111. The van der Waals surface area contributed by atoms with Crippen molar-refractivity contribution in [2.45, 2.75) is 19.1 Å². The number of phenols is 1. The number of carbonyl (C=O) groups excluding carboxylic acids is 1. The molecule has 2 atom stereocenters. The fourth-order valence-electron chi connectivity index (χ4n) is 1.27. The third-order valence-corrected chi connectivity index (χ3v) is 3.69. The molecule has 2 unspecified atom stereocenters. The van der Waals surface area contributed by atoms with E-state index in [2.05, 4.69) is 0 Å². The predicted molar refractivity (Wildman–Crippen MR) is 72.2 cm³/mol. The van der Waals surface area contributed by atoms with Crippen molar-refractivity contribution in [1.82, 2.24) is 0 Å². The maximum absolute atomic E-state index is 10.8. The number of halogens is 2. The van der Waals surface area contributed by atoms with Gasteiger partial charge >= 0.3 is 0 Å². The number of benzene rings is 1. The van der Waals surface area contributed by atoms with Gasteiger partial charge in [0.05, 0.1) is 16.1 Å². The molecule has 0 amide bonds. The first kappa shape index (κ1) is 15.6. The van der Waals surface area contributed by atoms with Crippen molar-refractivity contribution in [1.29, 1.82) is 0 Å². The van der Waals surface area contributed by atoms with Crippen LogP contribution in [0.1, 0.15) is 18.6 Å². The van der Waals surface area contributed by atoms with E-state index in [9.17, 15) is 20.1 Å². The normalized spacial score (nSPS) is 14.3. The van der Waals surface area contributed by atoms with Crippen molar-refractivity contribution in [2.75, 3.05) is 5.75 Å². The third-order valence-electron chi connectivity index (χ3n) is 2.20. The molecule has 0 radical (unpaired) electrons. The zero-order valence-corrected chi connectivity index (χ0v) is 11.8. The topological polar surface area (TPSA) is 77.8 Å². The second-order valence-corrected chi connectivity index (χ2v) is 5.66. The number of hydrogen-bond acceptors (Lipinski definition) is 5. The third kappa shape index (κ3) is 4.03. The lowest BCUT2D eigenvalue weighted by atomic mass is 10.1. The molecule has 7 heteroatoms. The fraction of sp³-hybridized carbons (Fsp3) is 0.364. The van der Waals surface area contributed by atoms with E-state index >= 15 is 0 Å². The van der Waals surface area contributed by atoms with Gasteiger partial charge in [0.2, 0.25) is 0 Å². The van der Waals surface area contributed by atoms with E-state index in [0.29, 0.717) is 0 Å². The number of aliphatic hydroxyl groups is 2. The van der Waals surface area contributed by atoms with Crippen LogP contribution in [0.5, 0.6) is 5.75 Å². The first-order valence-corrected chi connectivity index (χ1v) is 6.74. The predicted octanol–water partition coefficient (Wildman–Crippen LogP) is 2.37. The first-order valence-electron chi connectivity index (χ1n) is 5.00. The quantitative estimate of drug-likeness (QED) is 0.796. The van der Waals surface area contributed by atoms with E-state index in [0.717, 1.165) is 11.8 Å². The number of phenolic OH excluding ortho intramolecular Hbond substituents is 1. The number of thioether (sulfide) groups is 1. The van der Waals surface area contributed by atoms with Gasteiger partial charge in [-0.25, -0.2) is 0 Å². The Balaban J connectivity index is 2.83. The van der Waals surface area contributed by atoms with Crippen molar-refractivity contribution in [3.05, 3.63) is 27.7 Å². The Bertz CT molecular complexity index is 430. The van der Waals surface area contributed by atoms with Gasteiger partial charge in [0, 0.05) is 12.7 Å². The minimum atomic E-state index is -1.23. The monoisotopic (exact) mass is 310 g/mol. The summed E-state index contributed by atoms with van der Waals surface area (Å²) in [5.74, 6) is -0.214. The van der Waals surface area contributed by atoms with Crippen molar-refractivity contribution >= 4 is 40.1 Å². The number of rotatable bonds is 4. The molecular weight excluding hydrogens is 299 g/mol. The van der Waals surface area contributed by atoms with Gasteiger partial charge in [0.1, 0.15) is 6.10 Å². The van der Waals surface area contributed by atoms with Crippen molar-refractivity contribution in [3.63, 3.8) is 0 Å². The molecule has 0 saturated heterocycles. The van der Waals surface area contributed by atoms with Gasteiger partial charge in [-0.1, -0.05) is 35.0 Å². The highest BCUT2D eigenvalue weighted by Crippen LogP contribution is 2.35. The lowest BCUT2D eigenvalue weighted by Gasteiger charge is -2.18. The van der Waals surface area contributed by atoms with Gasteiger partial charge in [-0.3, -0.25) is 4.79 Å². The van der Waals surface area contributed by atoms with Crippen LogP contribution in [0.2, 0.25) is 10.0 Å². The summed E-state index contributed by atoms with van der Waals surface area (Å²) in [4.78, 5) is 10.8. The molecule has 0 aliphatic carbocycles. The van der Waals surface area contributed by atoms with Gasteiger partial charge in [0.15, 0.2) is 10.9 Å². The average Bonchev–Trinajstić information content (AvgIpc) is 2.31. The molecule has 0 spiro atoms. The molecule has 0 aliphatic rings. The number of aliphatic hydroxyl groups excluding tert-OH is 2. The van der Waals surface area contributed by atoms with Gasteiger partial charge in [-0.15, -0.1) is 0 Å². The zero-order valence-electron chi connectivity index (χ0n) is 9.43. The molecule has 0 aliphatic heterocycles. The van der Waals surface area contributed by atoms with Crippen molar-refractivity contribution < 1.29 is 20.1 Å². The summed E-state index contributed by atoms with van der Waals surface area (Å²) in [5, 5.41) is 28.8. The smallest absolute Gasteiger partial charge is 0.185 e. The van der Waals surface area contributed by atoms with Gasteiger partial charge in [0.25, 0.3) is 0 Å². The Hall–Kier alpha value is -0.460. The first-order chi connectivity index (χ1) is 8.32. The Kier molecular flexibility index (Phi) is 5.75. The second kappa shape index (κ2) is 6.63. The van der Waals surface area contributed by atoms with Crippen molar-refractivity contribution in [3.8, 4) is 5.75 Å². The van der Waals surface area contributed by atoms with Crippen LogP contribution in [0.3, 0.4) is 0 Å². The Morgan fingerprint density at radius 2 is 1.83 bits per heavy atom. The standard InChI is InChI=1S/C11H12Cl2O4S/c1-5(14)18-4-9(15)10(16)6-2-7(12)11(17)8(13)3-6/h2-3,9-10,15-17H,4H2,1H3. The summed E-state index contributed by atoms with van der Waals surface area (Å²) in [7, 11) is 0. The maximum Gasteiger partial charge on any atom is 0.185 e. The molecule has 1 aromatic carbocycles. The van der Waals surface area contributed by atoms with Crippen LogP contribution in [-0.2, 0) is 4.79 Å².